The van der Waals surface area contributed by atoms with Crippen molar-refractivity contribution in [3.63, 3.8) is 0 Å². The molecule has 1 aromatic carbocycles. The van der Waals surface area contributed by atoms with E-state index in [1.54, 1.807) is 12.1 Å². The van der Waals surface area contributed by atoms with Gasteiger partial charge in [0.05, 0.1) is 21.0 Å². The molecular weight excluding hydrogens is 357 g/mol. The summed E-state index contributed by atoms with van der Waals surface area (Å²) in [4.78, 5) is 12.5. The van der Waals surface area contributed by atoms with Gasteiger partial charge in [-0.05, 0) is 40.6 Å². The normalized spacial score (nSPS) is 10.3. The number of rotatable bonds is 6. The zero-order valence-electron chi connectivity index (χ0n) is 11.0. The standard InChI is InChI=1S/C13H16IN3O2/c1-10(2)9-16(7-3-6-15)11-4-5-13(17(18)19)12(14)8-11/h4-5,8,10H,3,7,9H2,1-2H3. The molecule has 0 aromatic heterocycles. The number of nitro groups is 1. The van der Waals surface area contributed by atoms with E-state index < -0.39 is 0 Å². The van der Waals surface area contributed by atoms with Crippen LogP contribution in [0, 0.1) is 30.9 Å². The highest BCUT2D eigenvalue weighted by atomic mass is 127. The molecule has 0 aliphatic rings. The molecule has 6 heteroatoms. The molecule has 102 valence electrons. The van der Waals surface area contributed by atoms with Crippen LogP contribution in [-0.2, 0) is 0 Å². The molecule has 0 aliphatic heterocycles. The molecule has 0 unspecified atom stereocenters. The quantitative estimate of drug-likeness (QED) is 0.434. The first-order valence-electron chi connectivity index (χ1n) is 6.01. The van der Waals surface area contributed by atoms with Crippen LogP contribution in [0.1, 0.15) is 20.3 Å². The number of hydrogen-bond donors (Lipinski definition) is 0. The summed E-state index contributed by atoms with van der Waals surface area (Å²) < 4.78 is 0.616. The molecule has 0 saturated carbocycles. The van der Waals surface area contributed by atoms with Crippen molar-refractivity contribution < 1.29 is 4.92 Å². The molecule has 0 radical (unpaired) electrons. The summed E-state index contributed by atoms with van der Waals surface area (Å²) in [5, 5.41) is 19.5. The highest BCUT2D eigenvalue weighted by molar-refractivity contribution is 14.1. The van der Waals surface area contributed by atoms with E-state index in [9.17, 15) is 10.1 Å². The molecule has 0 saturated heterocycles. The van der Waals surface area contributed by atoms with Gasteiger partial charge in [-0.25, -0.2) is 0 Å². The summed E-state index contributed by atoms with van der Waals surface area (Å²) in [6.45, 7) is 5.68. The minimum absolute atomic E-state index is 0.120. The van der Waals surface area contributed by atoms with Gasteiger partial charge >= 0.3 is 0 Å². The lowest BCUT2D eigenvalue weighted by Crippen LogP contribution is -2.28. The van der Waals surface area contributed by atoms with Gasteiger partial charge in [-0.15, -0.1) is 0 Å². The SMILES string of the molecule is CC(C)CN(CCC#N)c1ccc([N+](=O)[O-])c(I)c1. The second-order valence-corrected chi connectivity index (χ2v) is 5.80. The fourth-order valence-electron chi connectivity index (χ4n) is 1.79. The first-order valence-corrected chi connectivity index (χ1v) is 7.09. The number of nitrogens with zero attached hydrogens (tertiary/aromatic N) is 3. The second kappa shape index (κ2) is 7.28. The van der Waals surface area contributed by atoms with Crippen molar-refractivity contribution in [2.75, 3.05) is 18.0 Å². The van der Waals surface area contributed by atoms with Crippen LogP contribution in [-0.4, -0.2) is 18.0 Å². The Morgan fingerprint density at radius 1 is 1.53 bits per heavy atom. The molecule has 1 rings (SSSR count). The molecule has 0 amide bonds. The third-order valence-electron chi connectivity index (χ3n) is 2.57. The van der Waals surface area contributed by atoms with Crippen LogP contribution in [0.4, 0.5) is 11.4 Å². The maximum absolute atomic E-state index is 10.8. The van der Waals surface area contributed by atoms with Crippen molar-refractivity contribution in [1.82, 2.24) is 0 Å². The fourth-order valence-corrected chi connectivity index (χ4v) is 2.49. The molecule has 0 N–H and O–H groups in total. The van der Waals surface area contributed by atoms with E-state index >= 15 is 0 Å². The molecular formula is C13H16IN3O2. The average Bonchev–Trinajstić information content (AvgIpc) is 2.33. The second-order valence-electron chi connectivity index (χ2n) is 4.64. The summed E-state index contributed by atoms with van der Waals surface area (Å²) in [5.74, 6) is 0.464. The first-order chi connectivity index (χ1) is 8.95. The lowest BCUT2D eigenvalue weighted by Gasteiger charge is -2.26. The van der Waals surface area contributed by atoms with Gasteiger partial charge in [0.1, 0.15) is 0 Å². The summed E-state index contributed by atoms with van der Waals surface area (Å²) in [6.07, 6.45) is 0.445. The molecule has 0 aliphatic carbocycles. The number of benzene rings is 1. The van der Waals surface area contributed by atoms with E-state index in [0.29, 0.717) is 22.5 Å². The van der Waals surface area contributed by atoms with Gasteiger partial charge in [0.2, 0.25) is 0 Å². The number of nitro benzene ring substituents is 1. The third kappa shape index (κ3) is 4.67. The Balaban J connectivity index is 2.99. The number of hydrogen-bond acceptors (Lipinski definition) is 4. The predicted octanol–water partition coefficient (Wildman–Crippen LogP) is 3.58. The molecule has 0 bridgehead atoms. The zero-order chi connectivity index (χ0) is 14.4. The first kappa shape index (κ1) is 15.7. The van der Waals surface area contributed by atoms with Crippen LogP contribution in [0.3, 0.4) is 0 Å². The summed E-state index contributed by atoms with van der Waals surface area (Å²) in [5.41, 5.74) is 1.05. The van der Waals surface area contributed by atoms with Gasteiger partial charge < -0.3 is 4.90 Å². The number of halogens is 1. The van der Waals surface area contributed by atoms with Crippen LogP contribution in [0.2, 0.25) is 0 Å². The summed E-state index contributed by atoms with van der Waals surface area (Å²) >= 11 is 1.97. The van der Waals surface area contributed by atoms with E-state index in [1.807, 2.05) is 22.6 Å². The van der Waals surface area contributed by atoms with E-state index in [0.717, 1.165) is 12.2 Å². The molecule has 0 spiro atoms. The van der Waals surface area contributed by atoms with Crippen LogP contribution in [0.25, 0.3) is 0 Å². The van der Waals surface area contributed by atoms with Crippen LogP contribution >= 0.6 is 22.6 Å². The number of anilines is 1. The molecule has 1 aromatic rings. The topological polar surface area (TPSA) is 70.2 Å². The Morgan fingerprint density at radius 2 is 2.21 bits per heavy atom. The van der Waals surface area contributed by atoms with Crippen molar-refractivity contribution in [3.8, 4) is 6.07 Å². The maximum Gasteiger partial charge on any atom is 0.282 e. The van der Waals surface area contributed by atoms with Crippen LogP contribution < -0.4 is 4.90 Å². The third-order valence-corrected chi connectivity index (χ3v) is 3.44. The minimum atomic E-state index is -0.381. The maximum atomic E-state index is 10.8. The van der Waals surface area contributed by atoms with Gasteiger partial charge in [0, 0.05) is 24.8 Å². The van der Waals surface area contributed by atoms with E-state index in [-0.39, 0.29) is 10.6 Å². The number of nitriles is 1. The van der Waals surface area contributed by atoms with Gasteiger partial charge in [-0.1, -0.05) is 13.8 Å². The van der Waals surface area contributed by atoms with Gasteiger partial charge in [0.25, 0.3) is 5.69 Å². The predicted molar refractivity (Wildman–Crippen MR) is 83.1 cm³/mol. The Morgan fingerprint density at radius 3 is 2.68 bits per heavy atom. The monoisotopic (exact) mass is 373 g/mol. The van der Waals surface area contributed by atoms with Crippen molar-refractivity contribution in [2.45, 2.75) is 20.3 Å². The largest absolute Gasteiger partial charge is 0.370 e. The van der Waals surface area contributed by atoms with E-state index in [2.05, 4.69) is 24.8 Å². The molecule has 0 atom stereocenters. The lowest BCUT2D eigenvalue weighted by atomic mass is 10.1. The summed E-state index contributed by atoms with van der Waals surface area (Å²) in [7, 11) is 0. The minimum Gasteiger partial charge on any atom is -0.370 e. The van der Waals surface area contributed by atoms with E-state index in [4.69, 9.17) is 5.26 Å². The molecule has 19 heavy (non-hydrogen) atoms. The van der Waals surface area contributed by atoms with Crippen LogP contribution in [0.15, 0.2) is 18.2 Å². The molecule has 0 heterocycles. The van der Waals surface area contributed by atoms with Gasteiger partial charge in [0.15, 0.2) is 0 Å². The Hall–Kier alpha value is -1.36. The van der Waals surface area contributed by atoms with Crippen molar-refractivity contribution >= 4 is 34.0 Å². The smallest absolute Gasteiger partial charge is 0.282 e. The van der Waals surface area contributed by atoms with Gasteiger partial charge in [-0.2, -0.15) is 5.26 Å². The zero-order valence-corrected chi connectivity index (χ0v) is 13.1. The Kier molecular flexibility index (Phi) is 6.02. The van der Waals surface area contributed by atoms with Crippen molar-refractivity contribution in [1.29, 1.82) is 5.26 Å². The lowest BCUT2D eigenvalue weighted by molar-refractivity contribution is -0.385. The fraction of sp³-hybridized carbons (Fsp3) is 0.462. The van der Waals surface area contributed by atoms with Gasteiger partial charge in [-0.3, -0.25) is 10.1 Å². The molecule has 0 fully saturated rings. The van der Waals surface area contributed by atoms with E-state index in [1.165, 1.54) is 6.07 Å². The Bertz CT molecular complexity index is 497. The average molecular weight is 373 g/mol. The van der Waals surface area contributed by atoms with Crippen LogP contribution in [0.5, 0.6) is 0 Å². The summed E-state index contributed by atoms with van der Waals surface area (Å²) in [6, 6.07) is 7.21. The van der Waals surface area contributed by atoms with Crippen molar-refractivity contribution in [2.24, 2.45) is 5.92 Å². The highest BCUT2D eigenvalue weighted by Crippen LogP contribution is 2.26. The Labute approximate surface area is 126 Å². The molecule has 5 nitrogen and oxygen atoms in total. The van der Waals surface area contributed by atoms with Crippen molar-refractivity contribution in [3.05, 3.63) is 31.9 Å². The highest BCUT2D eigenvalue weighted by Gasteiger charge is 2.15.